The minimum atomic E-state index is -4.94. The lowest BCUT2D eigenvalue weighted by Gasteiger charge is -2.16. The van der Waals surface area contributed by atoms with Crippen molar-refractivity contribution in [1.29, 1.82) is 0 Å². The highest BCUT2D eigenvalue weighted by molar-refractivity contribution is 7.91. The maximum absolute atomic E-state index is 12.9. The van der Waals surface area contributed by atoms with Crippen LogP contribution in [0.3, 0.4) is 0 Å². The molecule has 0 atom stereocenters. The molecule has 1 aromatic rings. The number of alkyl halides is 3. The van der Waals surface area contributed by atoms with Gasteiger partial charge in [0.1, 0.15) is 0 Å². The average molecular weight is 310 g/mol. The minimum Gasteiger partial charge on any atom is -0.478 e. The van der Waals surface area contributed by atoms with E-state index in [1.807, 2.05) is 0 Å². The number of rotatable bonds is 4. The van der Waals surface area contributed by atoms with Gasteiger partial charge in [-0.25, -0.2) is 13.2 Å². The SMILES string of the molecule is CCc1cc(S(=O)(=O)CC)c(C(F)(F)F)cc1C(=O)O. The molecule has 0 fully saturated rings. The van der Waals surface area contributed by atoms with Crippen LogP contribution in [0.1, 0.15) is 35.3 Å². The fraction of sp³-hybridized carbons (Fsp3) is 0.417. The van der Waals surface area contributed by atoms with Crippen LogP contribution in [-0.2, 0) is 22.4 Å². The van der Waals surface area contributed by atoms with Crippen molar-refractivity contribution in [3.8, 4) is 0 Å². The third kappa shape index (κ3) is 3.12. The van der Waals surface area contributed by atoms with Gasteiger partial charge in [-0.3, -0.25) is 0 Å². The van der Waals surface area contributed by atoms with Crippen LogP contribution in [0.4, 0.5) is 13.2 Å². The summed E-state index contributed by atoms with van der Waals surface area (Å²) in [5, 5.41) is 8.92. The maximum atomic E-state index is 12.9. The quantitative estimate of drug-likeness (QED) is 0.928. The number of hydrogen-bond donors (Lipinski definition) is 1. The number of aryl methyl sites for hydroxylation is 1. The van der Waals surface area contributed by atoms with Gasteiger partial charge in [-0.2, -0.15) is 13.2 Å². The van der Waals surface area contributed by atoms with Gasteiger partial charge in [-0.1, -0.05) is 13.8 Å². The number of carbonyl (C=O) groups is 1. The van der Waals surface area contributed by atoms with Crippen molar-refractivity contribution in [3.05, 3.63) is 28.8 Å². The van der Waals surface area contributed by atoms with E-state index in [4.69, 9.17) is 5.11 Å². The number of halogens is 3. The van der Waals surface area contributed by atoms with Crippen LogP contribution >= 0.6 is 0 Å². The smallest absolute Gasteiger partial charge is 0.417 e. The first kappa shape index (κ1) is 16.5. The Morgan fingerprint density at radius 3 is 2.15 bits per heavy atom. The summed E-state index contributed by atoms with van der Waals surface area (Å²) in [4.78, 5) is 10.1. The molecule has 1 aromatic carbocycles. The second-order valence-corrected chi connectivity index (χ2v) is 6.31. The number of carboxylic acids is 1. The highest BCUT2D eigenvalue weighted by Gasteiger charge is 2.38. The topological polar surface area (TPSA) is 71.4 Å². The summed E-state index contributed by atoms with van der Waals surface area (Å²) in [7, 11) is -4.10. The lowest BCUT2D eigenvalue weighted by Crippen LogP contribution is -2.17. The summed E-state index contributed by atoms with van der Waals surface area (Å²) in [6, 6.07) is 1.20. The van der Waals surface area contributed by atoms with Gasteiger partial charge < -0.3 is 5.11 Å². The number of sulfone groups is 1. The van der Waals surface area contributed by atoms with Crippen molar-refractivity contribution in [2.45, 2.75) is 31.3 Å². The van der Waals surface area contributed by atoms with Crippen LogP contribution < -0.4 is 0 Å². The molecular formula is C12H13F3O4S. The van der Waals surface area contributed by atoms with E-state index in [-0.39, 0.29) is 12.0 Å². The normalized spacial score (nSPS) is 12.4. The lowest BCUT2D eigenvalue weighted by molar-refractivity contribution is -0.139. The maximum Gasteiger partial charge on any atom is 0.417 e. The van der Waals surface area contributed by atoms with Crippen molar-refractivity contribution < 1.29 is 31.5 Å². The van der Waals surface area contributed by atoms with E-state index in [0.29, 0.717) is 6.07 Å². The number of benzene rings is 1. The monoisotopic (exact) mass is 310 g/mol. The first-order valence-electron chi connectivity index (χ1n) is 5.74. The van der Waals surface area contributed by atoms with E-state index >= 15 is 0 Å². The summed E-state index contributed by atoms with van der Waals surface area (Å²) < 4.78 is 62.4. The molecule has 0 aliphatic heterocycles. The average Bonchev–Trinajstić information content (AvgIpc) is 2.35. The summed E-state index contributed by atoms with van der Waals surface area (Å²) in [6.45, 7) is 2.77. The van der Waals surface area contributed by atoms with E-state index < -0.39 is 43.8 Å². The molecule has 0 spiro atoms. The molecule has 8 heteroatoms. The number of aromatic carboxylic acids is 1. The van der Waals surface area contributed by atoms with Crippen LogP contribution in [0, 0.1) is 0 Å². The molecular weight excluding hydrogens is 297 g/mol. The summed E-state index contributed by atoms with van der Waals surface area (Å²) in [5.74, 6) is -2.01. The molecule has 0 radical (unpaired) electrons. The minimum absolute atomic E-state index is 0.0533. The number of hydrogen-bond acceptors (Lipinski definition) is 3. The Morgan fingerprint density at radius 1 is 1.25 bits per heavy atom. The second kappa shape index (κ2) is 5.43. The van der Waals surface area contributed by atoms with Crippen LogP contribution in [0.5, 0.6) is 0 Å². The fourth-order valence-electron chi connectivity index (χ4n) is 1.75. The van der Waals surface area contributed by atoms with Gasteiger partial charge in [0.2, 0.25) is 0 Å². The van der Waals surface area contributed by atoms with E-state index in [0.717, 1.165) is 6.07 Å². The molecule has 1 N–H and O–H groups in total. The molecule has 1 rings (SSSR count). The molecule has 0 aliphatic rings. The highest BCUT2D eigenvalue weighted by atomic mass is 32.2. The Balaban J connectivity index is 3.79. The van der Waals surface area contributed by atoms with Crippen molar-refractivity contribution >= 4 is 15.8 Å². The molecule has 0 unspecified atom stereocenters. The number of carboxylic acid groups (broad SMARTS) is 1. The van der Waals surface area contributed by atoms with E-state index in [1.54, 1.807) is 0 Å². The zero-order valence-corrected chi connectivity index (χ0v) is 11.6. The summed E-state index contributed by atoms with van der Waals surface area (Å²) in [5.41, 5.74) is -1.92. The lowest BCUT2D eigenvalue weighted by atomic mass is 10.0. The third-order valence-electron chi connectivity index (χ3n) is 2.84. The Kier molecular flexibility index (Phi) is 4.48. The Morgan fingerprint density at radius 2 is 1.80 bits per heavy atom. The Hall–Kier alpha value is -1.57. The highest BCUT2D eigenvalue weighted by Crippen LogP contribution is 2.36. The van der Waals surface area contributed by atoms with Crippen molar-refractivity contribution in [2.24, 2.45) is 0 Å². The van der Waals surface area contributed by atoms with Crippen molar-refractivity contribution in [3.63, 3.8) is 0 Å². The van der Waals surface area contributed by atoms with Gasteiger partial charge in [0, 0.05) is 0 Å². The van der Waals surface area contributed by atoms with Gasteiger partial charge in [0.25, 0.3) is 0 Å². The summed E-state index contributed by atoms with van der Waals surface area (Å²) in [6.07, 6.45) is -4.82. The van der Waals surface area contributed by atoms with Gasteiger partial charge in [0.05, 0.1) is 21.8 Å². The predicted octanol–water partition coefficient (Wildman–Crippen LogP) is 2.76. The standard InChI is InChI=1S/C12H13F3O4S/c1-3-7-5-10(20(18,19)4-2)9(12(13,14)15)6-8(7)11(16)17/h5-6H,3-4H2,1-2H3,(H,16,17). The third-order valence-corrected chi connectivity index (χ3v) is 4.61. The molecule has 0 aliphatic carbocycles. The molecule has 0 aromatic heterocycles. The van der Waals surface area contributed by atoms with Gasteiger partial charge in [0.15, 0.2) is 9.84 Å². The molecule has 20 heavy (non-hydrogen) atoms. The zero-order valence-electron chi connectivity index (χ0n) is 10.8. The van der Waals surface area contributed by atoms with Crippen molar-refractivity contribution in [1.82, 2.24) is 0 Å². The molecule has 4 nitrogen and oxygen atoms in total. The first-order chi connectivity index (χ1) is 9.04. The molecule has 0 bridgehead atoms. The zero-order chi connectivity index (χ0) is 15.7. The van der Waals surface area contributed by atoms with Crippen LogP contribution in [0.2, 0.25) is 0 Å². The molecule has 0 saturated heterocycles. The second-order valence-electron chi connectivity index (χ2n) is 4.07. The molecule has 112 valence electrons. The van der Waals surface area contributed by atoms with E-state index in [1.165, 1.54) is 13.8 Å². The molecule has 0 amide bonds. The fourth-order valence-corrected chi connectivity index (χ4v) is 2.89. The van der Waals surface area contributed by atoms with Gasteiger partial charge in [-0.05, 0) is 24.1 Å². The van der Waals surface area contributed by atoms with Gasteiger partial charge >= 0.3 is 12.1 Å². The first-order valence-corrected chi connectivity index (χ1v) is 7.40. The largest absolute Gasteiger partial charge is 0.478 e. The molecule has 0 heterocycles. The van der Waals surface area contributed by atoms with E-state index in [9.17, 15) is 26.4 Å². The predicted molar refractivity (Wildman–Crippen MR) is 65.5 cm³/mol. The van der Waals surface area contributed by atoms with E-state index in [2.05, 4.69) is 0 Å². The van der Waals surface area contributed by atoms with Crippen LogP contribution in [0.25, 0.3) is 0 Å². The molecule has 0 saturated carbocycles. The van der Waals surface area contributed by atoms with Gasteiger partial charge in [-0.15, -0.1) is 0 Å². The Labute approximate surface area is 114 Å². The Bertz CT molecular complexity index is 633. The van der Waals surface area contributed by atoms with Crippen LogP contribution in [0.15, 0.2) is 17.0 Å². The van der Waals surface area contributed by atoms with Crippen molar-refractivity contribution in [2.75, 3.05) is 5.75 Å². The summed E-state index contributed by atoms with van der Waals surface area (Å²) >= 11 is 0. The van der Waals surface area contributed by atoms with Crippen LogP contribution in [-0.4, -0.2) is 25.2 Å².